The highest BCUT2D eigenvalue weighted by Crippen LogP contribution is 2.17. The third-order valence-electron chi connectivity index (χ3n) is 2.40. The highest BCUT2D eigenvalue weighted by molar-refractivity contribution is 7.89. The molecule has 0 unspecified atom stereocenters. The first kappa shape index (κ1) is 15.8. The molecule has 8 heteroatoms. The fraction of sp³-hybridized carbons (Fsp3) is 0.545. The molecule has 0 atom stereocenters. The van der Waals surface area contributed by atoms with E-state index in [1.807, 2.05) is 6.92 Å². The molecular weight excluding hydrogens is 268 g/mol. The topological polar surface area (TPSA) is 106 Å². The van der Waals surface area contributed by atoms with Gasteiger partial charge in [-0.1, -0.05) is 0 Å². The summed E-state index contributed by atoms with van der Waals surface area (Å²) in [6.45, 7) is 6.11. The van der Waals surface area contributed by atoms with Crippen LogP contribution in [-0.2, 0) is 14.8 Å². The number of sulfonamides is 1. The van der Waals surface area contributed by atoms with Crippen molar-refractivity contribution in [3.05, 3.63) is 18.3 Å². The summed E-state index contributed by atoms with van der Waals surface area (Å²) in [6.07, 6.45) is 1.39. The number of nitrogens with zero attached hydrogens (tertiary/aromatic N) is 1. The number of ether oxygens (including phenoxy) is 1. The molecule has 1 rings (SSSR count). The van der Waals surface area contributed by atoms with E-state index in [4.69, 9.17) is 10.6 Å². The number of rotatable bonds is 7. The van der Waals surface area contributed by atoms with Gasteiger partial charge in [0.15, 0.2) is 5.03 Å². The zero-order valence-corrected chi connectivity index (χ0v) is 12.1. The minimum Gasteiger partial charge on any atom is -0.375 e. The van der Waals surface area contributed by atoms with E-state index in [1.54, 1.807) is 19.9 Å². The van der Waals surface area contributed by atoms with Crippen LogP contribution in [0, 0.1) is 0 Å². The minimum atomic E-state index is -3.74. The second-order valence-corrected chi connectivity index (χ2v) is 6.20. The monoisotopic (exact) mass is 288 g/mol. The number of nitrogens with two attached hydrogens (primary N) is 1. The Hall–Kier alpha value is -1.22. The molecule has 0 aliphatic heterocycles. The van der Waals surface area contributed by atoms with Crippen LogP contribution in [-0.4, -0.2) is 32.2 Å². The number of aromatic nitrogens is 1. The minimum absolute atomic E-state index is 0.134. The maximum atomic E-state index is 12.1. The molecule has 0 saturated heterocycles. The van der Waals surface area contributed by atoms with Crippen LogP contribution in [0.4, 0.5) is 5.69 Å². The predicted molar refractivity (Wildman–Crippen MR) is 72.9 cm³/mol. The molecule has 0 radical (unpaired) electrons. The van der Waals surface area contributed by atoms with Gasteiger partial charge in [0, 0.05) is 19.3 Å². The molecule has 4 N–H and O–H groups in total. The fourth-order valence-corrected chi connectivity index (χ4v) is 2.78. The molecule has 0 spiro atoms. The predicted octanol–water partition coefficient (Wildman–Crippen LogP) is 0.461. The van der Waals surface area contributed by atoms with Gasteiger partial charge in [-0.25, -0.2) is 18.1 Å². The van der Waals surface area contributed by atoms with Crippen LogP contribution in [0.2, 0.25) is 0 Å². The number of anilines is 1. The van der Waals surface area contributed by atoms with E-state index in [9.17, 15) is 8.42 Å². The average Bonchev–Trinajstić information content (AvgIpc) is 2.37. The maximum absolute atomic E-state index is 12.1. The summed E-state index contributed by atoms with van der Waals surface area (Å²) in [6, 6.07) is 3.13. The van der Waals surface area contributed by atoms with Gasteiger partial charge in [0.2, 0.25) is 0 Å². The SMILES string of the molecule is CCOC(C)(C)CNS(=O)(=O)c1ncccc1NN. The van der Waals surface area contributed by atoms with Crippen LogP contribution >= 0.6 is 0 Å². The summed E-state index contributed by atoms with van der Waals surface area (Å²) in [5.74, 6) is 5.27. The Kier molecular flexibility index (Phi) is 5.24. The van der Waals surface area contributed by atoms with Gasteiger partial charge >= 0.3 is 0 Å². The lowest BCUT2D eigenvalue weighted by Crippen LogP contribution is -2.40. The van der Waals surface area contributed by atoms with Crippen LogP contribution in [0.15, 0.2) is 23.4 Å². The normalized spacial score (nSPS) is 12.4. The van der Waals surface area contributed by atoms with E-state index >= 15 is 0 Å². The van der Waals surface area contributed by atoms with Gasteiger partial charge in [-0.2, -0.15) is 0 Å². The van der Waals surface area contributed by atoms with E-state index in [0.717, 1.165) is 0 Å². The Morgan fingerprint density at radius 2 is 2.16 bits per heavy atom. The standard InChI is InChI=1S/C11H20N4O3S/c1-4-18-11(2,3)8-14-19(16,17)10-9(15-12)6-5-7-13-10/h5-7,14-15H,4,8,12H2,1-3H3. The Morgan fingerprint density at radius 1 is 1.47 bits per heavy atom. The van der Waals surface area contributed by atoms with Crippen molar-refractivity contribution in [2.24, 2.45) is 5.84 Å². The van der Waals surface area contributed by atoms with Crippen molar-refractivity contribution in [1.82, 2.24) is 9.71 Å². The maximum Gasteiger partial charge on any atom is 0.260 e. The van der Waals surface area contributed by atoms with Gasteiger partial charge in [-0.15, -0.1) is 0 Å². The molecule has 1 aromatic heterocycles. The summed E-state index contributed by atoms with van der Waals surface area (Å²) in [7, 11) is -3.74. The molecule has 0 amide bonds. The zero-order chi connectivity index (χ0) is 14.5. The van der Waals surface area contributed by atoms with Crippen molar-refractivity contribution < 1.29 is 13.2 Å². The zero-order valence-electron chi connectivity index (χ0n) is 11.3. The molecule has 0 aliphatic rings. The number of hydrogen-bond acceptors (Lipinski definition) is 6. The van der Waals surface area contributed by atoms with Gasteiger partial charge in [-0.3, -0.25) is 5.84 Å². The summed E-state index contributed by atoms with van der Waals surface area (Å²) in [5.41, 5.74) is 1.96. The van der Waals surface area contributed by atoms with Gasteiger partial charge < -0.3 is 10.2 Å². The Morgan fingerprint density at radius 3 is 2.74 bits per heavy atom. The molecule has 0 bridgehead atoms. The number of hydrogen-bond donors (Lipinski definition) is 3. The summed E-state index contributed by atoms with van der Waals surface area (Å²) < 4.78 is 32.2. The van der Waals surface area contributed by atoms with Crippen molar-refractivity contribution in [2.45, 2.75) is 31.4 Å². The third-order valence-corrected chi connectivity index (χ3v) is 3.76. The van der Waals surface area contributed by atoms with Gasteiger partial charge in [0.1, 0.15) is 0 Å². The molecule has 19 heavy (non-hydrogen) atoms. The van der Waals surface area contributed by atoms with Crippen molar-refractivity contribution in [3.8, 4) is 0 Å². The van der Waals surface area contributed by atoms with Crippen LogP contribution in [0.1, 0.15) is 20.8 Å². The van der Waals surface area contributed by atoms with E-state index in [0.29, 0.717) is 6.61 Å². The molecule has 7 nitrogen and oxygen atoms in total. The summed E-state index contributed by atoms with van der Waals surface area (Å²) in [4.78, 5) is 3.83. The van der Waals surface area contributed by atoms with Crippen LogP contribution in [0.5, 0.6) is 0 Å². The number of hydrazine groups is 1. The van der Waals surface area contributed by atoms with E-state index in [-0.39, 0.29) is 17.3 Å². The van der Waals surface area contributed by atoms with Crippen LogP contribution in [0.25, 0.3) is 0 Å². The second kappa shape index (κ2) is 6.29. The van der Waals surface area contributed by atoms with E-state index in [1.165, 1.54) is 12.3 Å². The quantitative estimate of drug-likeness (QED) is 0.497. The Balaban J connectivity index is 2.87. The van der Waals surface area contributed by atoms with Crippen LogP contribution < -0.4 is 16.0 Å². The van der Waals surface area contributed by atoms with E-state index < -0.39 is 15.6 Å². The number of nitrogen functional groups attached to an aromatic ring is 1. The van der Waals surface area contributed by atoms with Crippen molar-refractivity contribution >= 4 is 15.7 Å². The molecule has 0 aliphatic carbocycles. The lowest BCUT2D eigenvalue weighted by molar-refractivity contribution is -0.00515. The van der Waals surface area contributed by atoms with Gasteiger partial charge in [-0.05, 0) is 32.9 Å². The highest BCUT2D eigenvalue weighted by Gasteiger charge is 2.25. The van der Waals surface area contributed by atoms with Crippen molar-refractivity contribution in [3.63, 3.8) is 0 Å². The van der Waals surface area contributed by atoms with E-state index in [2.05, 4.69) is 15.1 Å². The van der Waals surface area contributed by atoms with Crippen molar-refractivity contribution in [1.29, 1.82) is 0 Å². The fourth-order valence-electron chi connectivity index (χ4n) is 1.49. The first-order chi connectivity index (χ1) is 8.82. The Labute approximate surface area is 113 Å². The van der Waals surface area contributed by atoms with Gasteiger partial charge in [0.05, 0.1) is 11.3 Å². The largest absolute Gasteiger partial charge is 0.375 e. The lowest BCUT2D eigenvalue weighted by Gasteiger charge is -2.24. The summed E-state index contributed by atoms with van der Waals surface area (Å²) in [5, 5.41) is -0.134. The molecule has 0 fully saturated rings. The van der Waals surface area contributed by atoms with Crippen LogP contribution in [0.3, 0.4) is 0 Å². The smallest absolute Gasteiger partial charge is 0.260 e. The number of nitrogens with one attached hydrogen (secondary N) is 2. The lowest BCUT2D eigenvalue weighted by atomic mass is 10.1. The number of pyridine rings is 1. The third kappa shape index (κ3) is 4.43. The Bertz CT molecular complexity index is 516. The second-order valence-electron chi connectivity index (χ2n) is 4.52. The first-order valence-electron chi connectivity index (χ1n) is 5.87. The summed E-state index contributed by atoms with van der Waals surface area (Å²) >= 11 is 0. The first-order valence-corrected chi connectivity index (χ1v) is 7.36. The highest BCUT2D eigenvalue weighted by atomic mass is 32.2. The molecular formula is C11H20N4O3S. The van der Waals surface area contributed by atoms with Gasteiger partial charge in [0.25, 0.3) is 10.0 Å². The molecule has 1 heterocycles. The molecule has 0 saturated carbocycles. The average molecular weight is 288 g/mol. The molecule has 108 valence electrons. The van der Waals surface area contributed by atoms with Crippen molar-refractivity contribution in [2.75, 3.05) is 18.6 Å². The molecule has 0 aromatic carbocycles. The molecule has 1 aromatic rings.